The molecule has 0 bridgehead atoms. The number of anilines is 1. The summed E-state index contributed by atoms with van der Waals surface area (Å²) >= 11 is 3.37. The molecule has 0 saturated carbocycles. The summed E-state index contributed by atoms with van der Waals surface area (Å²) in [5, 5.41) is 0.861. The number of carbonyl (C=O) groups is 1. The lowest BCUT2D eigenvalue weighted by Crippen LogP contribution is -2.20. The largest absolute Gasteiger partial charge is 0.468 e. The molecule has 0 aliphatic heterocycles. The molecule has 110 valence electrons. The Balaban J connectivity index is 0.000000774. The Morgan fingerprint density at radius 2 is 2.24 bits per heavy atom. The second kappa shape index (κ2) is 7.82. The van der Waals surface area contributed by atoms with Crippen LogP contribution in [0.4, 0.5) is 5.13 Å². The third kappa shape index (κ3) is 4.07. The normalized spacial score (nSPS) is 10.1. The summed E-state index contributed by atoms with van der Waals surface area (Å²) in [7, 11) is 0. The predicted octanol–water partition coefficient (Wildman–Crippen LogP) is 3.54. The Labute approximate surface area is 130 Å². The fourth-order valence-electron chi connectivity index (χ4n) is 1.71. The lowest BCUT2D eigenvalue weighted by Gasteiger charge is -2.01. The predicted molar refractivity (Wildman–Crippen MR) is 87.7 cm³/mol. The summed E-state index contributed by atoms with van der Waals surface area (Å²) in [6.45, 7) is 2.62. The smallest absolute Gasteiger partial charge is 0.198 e. The highest BCUT2D eigenvalue weighted by Crippen LogP contribution is 2.28. The Morgan fingerprint density at radius 1 is 1.38 bits per heavy atom. The van der Waals surface area contributed by atoms with Crippen molar-refractivity contribution in [3.63, 3.8) is 0 Å². The number of hydrogen-bond donors (Lipinski definition) is 2. The van der Waals surface area contributed by atoms with Crippen LogP contribution in [0, 0.1) is 0 Å². The number of hydrazine groups is 1. The average Bonchev–Trinajstić information content (AvgIpc) is 3.17. The number of carbonyl (C=O) groups excluding carboxylic acids is 1. The van der Waals surface area contributed by atoms with Crippen molar-refractivity contribution in [2.45, 2.75) is 11.4 Å². The average molecular weight is 321 g/mol. The Morgan fingerprint density at radius 3 is 2.95 bits per heavy atom. The Bertz CT molecular complexity index is 683. The molecule has 2 heterocycles. The van der Waals surface area contributed by atoms with E-state index in [2.05, 4.69) is 40.3 Å². The molecule has 5 nitrogen and oxygen atoms in total. The topological polar surface area (TPSA) is 67.2 Å². The Hall–Kier alpha value is -1.83. The van der Waals surface area contributed by atoms with Gasteiger partial charge in [0, 0.05) is 4.90 Å². The van der Waals surface area contributed by atoms with Crippen molar-refractivity contribution >= 4 is 45.2 Å². The summed E-state index contributed by atoms with van der Waals surface area (Å²) in [6, 6.07) is 10.1. The first-order valence-corrected chi connectivity index (χ1v) is 8.14. The van der Waals surface area contributed by atoms with Gasteiger partial charge in [0.15, 0.2) is 5.13 Å². The number of nitrogens with zero attached hydrogens (tertiary/aromatic N) is 1. The van der Waals surface area contributed by atoms with Crippen LogP contribution in [0.2, 0.25) is 0 Å². The standard InChI is InChI=1S/C13H13N3OS2.CH2O/c1-18-10-4-5-11-12(7-10)19-13(15-11)16-14-8-9-3-2-6-17-9;1-2/h2-7,14H,8H2,1H3,(H,15,16);1H2. The zero-order valence-electron chi connectivity index (χ0n) is 11.5. The fraction of sp³-hybridized carbons (Fsp3) is 0.143. The quantitative estimate of drug-likeness (QED) is 0.553. The van der Waals surface area contributed by atoms with Gasteiger partial charge in [-0.2, -0.15) is 0 Å². The van der Waals surface area contributed by atoms with Crippen molar-refractivity contribution in [1.29, 1.82) is 0 Å². The minimum atomic E-state index is 0.624. The zero-order valence-corrected chi connectivity index (χ0v) is 13.1. The van der Waals surface area contributed by atoms with Crippen molar-refractivity contribution < 1.29 is 9.21 Å². The van der Waals surface area contributed by atoms with E-state index in [1.54, 1.807) is 29.4 Å². The molecule has 3 aromatic rings. The van der Waals surface area contributed by atoms with Crippen LogP contribution in [0.5, 0.6) is 0 Å². The van der Waals surface area contributed by atoms with Gasteiger partial charge < -0.3 is 9.21 Å². The summed E-state index contributed by atoms with van der Waals surface area (Å²) in [5.41, 5.74) is 7.21. The number of benzene rings is 1. The number of nitrogens with one attached hydrogen (secondary N) is 2. The first-order valence-electron chi connectivity index (χ1n) is 6.10. The minimum absolute atomic E-state index is 0.624. The number of hydrogen-bond acceptors (Lipinski definition) is 7. The zero-order chi connectivity index (χ0) is 15.1. The lowest BCUT2D eigenvalue weighted by atomic mass is 10.3. The van der Waals surface area contributed by atoms with Crippen LogP contribution in [-0.2, 0) is 11.3 Å². The number of fused-ring (bicyclic) bond motifs is 1. The molecule has 0 fully saturated rings. The monoisotopic (exact) mass is 321 g/mol. The molecular formula is C14H15N3O2S2. The van der Waals surface area contributed by atoms with Crippen LogP contribution in [0.3, 0.4) is 0 Å². The first kappa shape index (κ1) is 15.6. The molecule has 2 aromatic heterocycles. The van der Waals surface area contributed by atoms with Crippen LogP contribution in [0.25, 0.3) is 10.2 Å². The molecule has 0 saturated heterocycles. The number of furan rings is 1. The van der Waals surface area contributed by atoms with Crippen molar-refractivity contribution in [1.82, 2.24) is 10.4 Å². The number of aromatic nitrogens is 1. The maximum atomic E-state index is 8.00. The Kier molecular flexibility index (Phi) is 5.79. The van der Waals surface area contributed by atoms with Crippen LogP contribution >= 0.6 is 23.1 Å². The van der Waals surface area contributed by atoms with E-state index in [-0.39, 0.29) is 0 Å². The van der Waals surface area contributed by atoms with Crippen molar-refractivity contribution in [3.05, 3.63) is 42.4 Å². The van der Waals surface area contributed by atoms with Crippen LogP contribution in [0.15, 0.2) is 45.9 Å². The molecule has 0 amide bonds. The van der Waals surface area contributed by atoms with Gasteiger partial charge in [-0.05, 0) is 36.6 Å². The highest BCUT2D eigenvalue weighted by Gasteiger charge is 2.04. The van der Waals surface area contributed by atoms with Crippen LogP contribution in [0.1, 0.15) is 5.76 Å². The van der Waals surface area contributed by atoms with E-state index in [0.717, 1.165) is 16.4 Å². The van der Waals surface area contributed by atoms with E-state index in [0.29, 0.717) is 6.54 Å². The molecule has 0 aliphatic rings. The molecule has 2 N–H and O–H groups in total. The van der Waals surface area contributed by atoms with Gasteiger partial charge in [-0.3, -0.25) is 5.43 Å². The number of rotatable bonds is 5. The SMILES string of the molecule is C=O.CSc1ccc2nc(NNCc3ccco3)sc2c1. The summed E-state index contributed by atoms with van der Waals surface area (Å²) in [4.78, 5) is 13.8. The molecule has 0 unspecified atom stereocenters. The highest BCUT2D eigenvalue weighted by atomic mass is 32.2. The maximum Gasteiger partial charge on any atom is 0.198 e. The minimum Gasteiger partial charge on any atom is -0.468 e. The third-order valence-corrected chi connectivity index (χ3v) is 4.29. The third-order valence-electron chi connectivity index (χ3n) is 2.63. The maximum absolute atomic E-state index is 8.00. The van der Waals surface area contributed by atoms with E-state index in [9.17, 15) is 0 Å². The number of thioether (sulfide) groups is 1. The molecule has 3 rings (SSSR count). The van der Waals surface area contributed by atoms with Gasteiger partial charge in [0.2, 0.25) is 0 Å². The number of thiazole rings is 1. The van der Waals surface area contributed by atoms with Gasteiger partial charge in [-0.1, -0.05) is 11.3 Å². The van der Waals surface area contributed by atoms with E-state index in [1.165, 1.54) is 9.60 Å². The lowest BCUT2D eigenvalue weighted by molar-refractivity contribution is -0.0979. The molecule has 7 heteroatoms. The van der Waals surface area contributed by atoms with Crippen LogP contribution < -0.4 is 10.9 Å². The summed E-state index contributed by atoms with van der Waals surface area (Å²) < 4.78 is 6.43. The van der Waals surface area contributed by atoms with Gasteiger partial charge in [0.1, 0.15) is 12.5 Å². The van der Waals surface area contributed by atoms with E-state index in [4.69, 9.17) is 9.21 Å². The van der Waals surface area contributed by atoms with E-state index in [1.807, 2.05) is 18.9 Å². The van der Waals surface area contributed by atoms with Gasteiger partial charge in [-0.15, -0.1) is 11.8 Å². The molecular weight excluding hydrogens is 306 g/mol. The second-order valence-corrected chi connectivity index (χ2v) is 5.82. The molecule has 0 spiro atoms. The van der Waals surface area contributed by atoms with Crippen molar-refractivity contribution in [2.75, 3.05) is 11.7 Å². The van der Waals surface area contributed by atoms with E-state index < -0.39 is 0 Å². The van der Waals surface area contributed by atoms with E-state index >= 15 is 0 Å². The summed E-state index contributed by atoms with van der Waals surface area (Å²) in [5.74, 6) is 0.887. The fourth-order valence-corrected chi connectivity index (χ4v) is 3.10. The van der Waals surface area contributed by atoms with Crippen molar-refractivity contribution in [3.8, 4) is 0 Å². The molecule has 0 aliphatic carbocycles. The molecule has 1 aromatic carbocycles. The van der Waals surface area contributed by atoms with Crippen molar-refractivity contribution in [2.24, 2.45) is 0 Å². The second-order valence-electron chi connectivity index (χ2n) is 3.91. The highest BCUT2D eigenvalue weighted by molar-refractivity contribution is 7.98. The van der Waals surface area contributed by atoms with Gasteiger partial charge in [0.05, 0.1) is 23.0 Å². The van der Waals surface area contributed by atoms with Crippen LogP contribution in [-0.4, -0.2) is 18.0 Å². The summed E-state index contributed by atoms with van der Waals surface area (Å²) in [6.07, 6.45) is 3.74. The molecule has 21 heavy (non-hydrogen) atoms. The van der Waals surface area contributed by atoms with Gasteiger partial charge >= 0.3 is 0 Å². The molecule has 0 atom stereocenters. The first-order chi connectivity index (χ1) is 10.3. The van der Waals surface area contributed by atoms with Gasteiger partial charge in [0.25, 0.3) is 0 Å². The molecule has 0 radical (unpaired) electrons. The van der Waals surface area contributed by atoms with Gasteiger partial charge in [-0.25, -0.2) is 10.4 Å².